The molecule has 3 aromatic rings. The number of hydrogen-bond donors (Lipinski definition) is 3. The van der Waals surface area contributed by atoms with Gasteiger partial charge in [-0.25, -0.2) is 25.3 Å². The maximum absolute atomic E-state index is 12.5. The van der Waals surface area contributed by atoms with Gasteiger partial charge in [0.25, 0.3) is 0 Å². The van der Waals surface area contributed by atoms with Gasteiger partial charge in [0.05, 0.1) is 48.5 Å². The van der Waals surface area contributed by atoms with E-state index in [1.165, 1.54) is 24.3 Å². The molecule has 244 valence electrons. The average Bonchev–Trinajstić information content (AvgIpc) is 2.91. The van der Waals surface area contributed by atoms with Crippen LogP contribution in [0.15, 0.2) is 83.7 Å². The van der Waals surface area contributed by atoms with Crippen LogP contribution in [0.1, 0.15) is 10.4 Å². The second-order valence-corrected chi connectivity index (χ2v) is 13.7. The fourth-order valence-electron chi connectivity index (χ4n) is 3.30. The zero-order chi connectivity index (χ0) is 33.0. The Balaban J connectivity index is 0. The molecule has 0 radical (unpaired) electrons. The summed E-state index contributed by atoms with van der Waals surface area (Å²) in [7, 11) is -18.1. The number of amides is 1. The number of sulfone groups is 1. The molecular weight excluding hydrogens is 756 g/mol. The Kier molecular flexibility index (Phi) is 20.1. The van der Waals surface area contributed by atoms with Gasteiger partial charge in [-0.05, 0) is 42.5 Å². The number of carbonyl (C=O) groups is 1. The van der Waals surface area contributed by atoms with E-state index in [-0.39, 0.29) is 105 Å². The molecule has 0 saturated carbocycles. The Bertz CT molecular complexity index is 2120. The molecule has 0 aromatic heterocycles. The van der Waals surface area contributed by atoms with Crippen LogP contribution < -0.4 is 106 Å². The summed E-state index contributed by atoms with van der Waals surface area (Å²) in [5.41, 5.74) is 13.9. The van der Waals surface area contributed by atoms with E-state index in [4.69, 9.17) is 17.2 Å². The summed E-state index contributed by atoms with van der Waals surface area (Å²) >= 11 is 0. The van der Waals surface area contributed by atoms with Crippen molar-refractivity contribution in [2.75, 3.05) is 23.8 Å². The Labute approximate surface area is 341 Å². The number of hydrogen-bond acceptors (Lipinski definition) is 20. The molecule has 3 aromatic carbocycles. The number of benzene rings is 3. The molecule has 0 atom stereocenters. The fraction of sp³-hybridized carbons (Fsp3) is 0.0952. The van der Waals surface area contributed by atoms with Crippen LogP contribution in [0, 0.1) is 0 Å². The standard InChI is InChI=1S/C21H20N7O12S4.3Na.H2O/c22-18-15(10-17(44(37,38)39)19(23)20(18)28-25-12-3-1-2-11(8-12)21(24)29)27-26-14-5-4-13(9-16(14)43(34,35)36)42(32,33)7-6-40-41(30)31;;;;/h1-5,8-10H,6-7,22-23H2,(H2,24,29)(H,34,35,36)(H,37,38,39);;;;1H2/q-1;3*+1;/p-3. The summed E-state index contributed by atoms with van der Waals surface area (Å²) in [5.74, 6) is -1.70. The zero-order valence-electron chi connectivity index (χ0n) is 25.0. The van der Waals surface area contributed by atoms with Crippen molar-refractivity contribution in [3.8, 4) is 0 Å². The van der Waals surface area contributed by atoms with Crippen molar-refractivity contribution < 1.29 is 146 Å². The minimum Gasteiger partial charge on any atom is -0.870 e. The molecule has 20 nitrogen and oxygen atoms in total. The fourth-order valence-corrected chi connectivity index (χ4v) is 6.07. The van der Waals surface area contributed by atoms with Crippen LogP contribution in [0.4, 0.5) is 34.1 Å². The van der Waals surface area contributed by atoms with Crippen LogP contribution in [0.3, 0.4) is 0 Å². The van der Waals surface area contributed by atoms with Crippen LogP contribution in [-0.4, -0.2) is 58.1 Å². The molecular formula is C21H19N7Na3O13S4-. The first-order valence-corrected chi connectivity index (χ1v) is 16.7. The van der Waals surface area contributed by atoms with Gasteiger partial charge < -0.3 is 44.4 Å². The van der Waals surface area contributed by atoms with Crippen LogP contribution >= 0.6 is 0 Å². The molecule has 0 aliphatic heterocycles. The first kappa shape index (κ1) is 48.7. The zero-order valence-corrected chi connectivity index (χ0v) is 34.3. The molecule has 3 rings (SSSR count). The number of anilines is 2. The molecule has 0 saturated heterocycles. The van der Waals surface area contributed by atoms with Crippen LogP contribution in [0.25, 0.3) is 0 Å². The third kappa shape index (κ3) is 13.0. The normalized spacial score (nSPS) is 11.7. The molecule has 0 spiro atoms. The maximum atomic E-state index is 12.5. The molecule has 7 N–H and O–H groups in total. The van der Waals surface area contributed by atoms with Crippen molar-refractivity contribution in [1.29, 1.82) is 0 Å². The van der Waals surface area contributed by atoms with Gasteiger partial charge in [-0.1, -0.05) is 6.07 Å². The Morgan fingerprint density at radius 3 is 1.90 bits per heavy atom. The number of nitrogens with zero attached hydrogens (tertiary/aromatic N) is 4. The maximum Gasteiger partial charge on any atom is 1.00 e. The number of nitrogen functional groups attached to an aromatic ring is 2. The van der Waals surface area contributed by atoms with Crippen molar-refractivity contribution in [3.05, 3.63) is 54.1 Å². The molecule has 0 unspecified atom stereocenters. The van der Waals surface area contributed by atoms with E-state index in [2.05, 4.69) is 24.6 Å². The Hall–Kier alpha value is -1.43. The first-order valence-electron chi connectivity index (χ1n) is 11.3. The predicted octanol–water partition coefficient (Wildman–Crippen LogP) is -7.56. The first-order chi connectivity index (χ1) is 20.3. The SMILES string of the molecule is NC(=O)c1cccc(N=Nc2c(N)c(N=Nc3ccc(S(=O)(=O)CCO[S-](=O)=O)cc3S(=O)(=O)[O-])cc(S(=O)(=O)[O-])c2N)c1.[Na+].[Na+].[Na+].[OH-]. The predicted molar refractivity (Wildman–Crippen MR) is 150 cm³/mol. The van der Waals surface area contributed by atoms with Crippen molar-refractivity contribution in [2.45, 2.75) is 14.7 Å². The minimum atomic E-state index is -5.42. The van der Waals surface area contributed by atoms with Crippen molar-refractivity contribution in [3.63, 3.8) is 0 Å². The van der Waals surface area contributed by atoms with Gasteiger partial charge in [-0.3, -0.25) is 4.79 Å². The molecule has 27 heteroatoms. The van der Waals surface area contributed by atoms with Gasteiger partial charge in [0, 0.05) is 12.2 Å². The number of primary amides is 1. The minimum absolute atomic E-state index is 0. The van der Waals surface area contributed by atoms with Gasteiger partial charge in [-0.15, -0.1) is 15.3 Å². The molecule has 0 bridgehead atoms. The molecule has 1 amide bonds. The molecule has 0 fully saturated rings. The van der Waals surface area contributed by atoms with Crippen LogP contribution in [-0.2, 0) is 53.7 Å². The topological polar surface area (TPSA) is 366 Å². The van der Waals surface area contributed by atoms with E-state index >= 15 is 0 Å². The summed E-state index contributed by atoms with van der Waals surface area (Å²) in [6.07, 6.45) is 0. The third-order valence-electron chi connectivity index (χ3n) is 5.34. The summed E-state index contributed by atoms with van der Waals surface area (Å²) in [5, 5.41) is 14.7. The van der Waals surface area contributed by atoms with E-state index in [1.54, 1.807) is 0 Å². The largest absolute Gasteiger partial charge is 1.00 e. The molecule has 0 heterocycles. The Morgan fingerprint density at radius 2 is 1.35 bits per heavy atom. The smallest absolute Gasteiger partial charge is 0.870 e. The monoisotopic (exact) mass is 774 g/mol. The van der Waals surface area contributed by atoms with E-state index in [0.717, 1.165) is 12.1 Å². The number of azo groups is 2. The third-order valence-corrected chi connectivity index (χ3v) is 9.12. The number of rotatable bonds is 12. The van der Waals surface area contributed by atoms with E-state index < -0.39 is 102 Å². The second kappa shape index (κ2) is 19.8. The van der Waals surface area contributed by atoms with Crippen molar-refractivity contribution in [2.24, 2.45) is 26.2 Å². The van der Waals surface area contributed by atoms with Gasteiger partial charge >= 0.3 is 88.7 Å². The van der Waals surface area contributed by atoms with Gasteiger partial charge in [-0.2, -0.15) is 5.11 Å². The molecule has 0 aliphatic carbocycles. The Morgan fingerprint density at radius 1 is 0.771 bits per heavy atom. The molecule has 48 heavy (non-hydrogen) atoms. The van der Waals surface area contributed by atoms with Crippen LogP contribution in [0.5, 0.6) is 0 Å². The van der Waals surface area contributed by atoms with Crippen molar-refractivity contribution in [1.82, 2.24) is 0 Å². The number of carbonyl (C=O) groups excluding carboxylic acids is 1. The van der Waals surface area contributed by atoms with E-state index in [1.807, 2.05) is 0 Å². The van der Waals surface area contributed by atoms with Gasteiger partial charge in [0.1, 0.15) is 37.3 Å². The molecule has 0 aliphatic rings. The van der Waals surface area contributed by atoms with Gasteiger partial charge in [0.15, 0.2) is 9.84 Å². The summed E-state index contributed by atoms with van der Waals surface area (Å²) in [6, 6.07) is 8.00. The number of nitrogens with two attached hydrogens (primary N) is 3. The summed E-state index contributed by atoms with van der Waals surface area (Å²) in [6.45, 7) is -0.809. The van der Waals surface area contributed by atoms with E-state index in [9.17, 15) is 47.6 Å². The van der Waals surface area contributed by atoms with Crippen LogP contribution in [0.2, 0.25) is 0 Å². The average molecular weight is 775 g/mol. The quantitative estimate of drug-likeness (QED) is 0.0506. The van der Waals surface area contributed by atoms with E-state index in [0.29, 0.717) is 12.1 Å². The second-order valence-electron chi connectivity index (χ2n) is 8.27. The van der Waals surface area contributed by atoms with Crippen molar-refractivity contribution >= 4 is 81.1 Å². The van der Waals surface area contributed by atoms with Gasteiger partial charge in [0.2, 0.25) is 5.91 Å². The summed E-state index contributed by atoms with van der Waals surface area (Å²) < 4.78 is 121. The summed E-state index contributed by atoms with van der Waals surface area (Å²) in [4.78, 5) is 8.45.